The molecular weight excluding hydrogens is 400 g/mol. The van der Waals surface area contributed by atoms with Crippen LogP contribution in [0.25, 0.3) is 0 Å². The summed E-state index contributed by atoms with van der Waals surface area (Å²) in [5.74, 6) is 0.472. The molecule has 0 saturated heterocycles. The second kappa shape index (κ2) is 9.24. The van der Waals surface area contributed by atoms with E-state index in [-0.39, 0.29) is 11.8 Å². The second-order valence-corrected chi connectivity index (χ2v) is 6.28. The average molecular weight is 421 g/mol. The van der Waals surface area contributed by atoms with E-state index in [1.807, 2.05) is 6.92 Å². The first-order chi connectivity index (χ1) is 12.5. The van der Waals surface area contributed by atoms with Crippen LogP contribution in [0.4, 0.5) is 5.69 Å². The molecule has 26 heavy (non-hydrogen) atoms. The van der Waals surface area contributed by atoms with Gasteiger partial charge in [0.15, 0.2) is 0 Å². The fourth-order valence-corrected chi connectivity index (χ4v) is 2.84. The van der Waals surface area contributed by atoms with Gasteiger partial charge in [0.2, 0.25) is 0 Å². The van der Waals surface area contributed by atoms with Crippen molar-refractivity contribution >= 4 is 33.4 Å². The van der Waals surface area contributed by atoms with Gasteiger partial charge in [-0.1, -0.05) is 13.0 Å². The van der Waals surface area contributed by atoms with Crippen LogP contribution in [0, 0.1) is 0 Å². The first-order valence-electron chi connectivity index (χ1n) is 8.11. The highest BCUT2D eigenvalue weighted by Crippen LogP contribution is 2.35. The van der Waals surface area contributed by atoms with E-state index in [4.69, 9.17) is 9.47 Å². The van der Waals surface area contributed by atoms with Gasteiger partial charge < -0.3 is 20.1 Å². The molecule has 7 heteroatoms. The number of ether oxygens (including phenoxy) is 2. The summed E-state index contributed by atoms with van der Waals surface area (Å²) in [6.45, 7) is 2.59. The predicted octanol–water partition coefficient (Wildman–Crippen LogP) is 3.86. The SMILES string of the molecule is CCCNC(=O)c1cccc(NC(=O)c2cc(OC)c(Br)c(OC)c2)c1. The number of nitrogens with one attached hydrogen (secondary N) is 2. The van der Waals surface area contributed by atoms with E-state index in [2.05, 4.69) is 26.6 Å². The van der Waals surface area contributed by atoms with Crippen molar-refractivity contribution in [3.8, 4) is 11.5 Å². The van der Waals surface area contributed by atoms with Gasteiger partial charge in [-0.3, -0.25) is 9.59 Å². The monoisotopic (exact) mass is 420 g/mol. The lowest BCUT2D eigenvalue weighted by atomic mass is 10.1. The number of hydrogen-bond donors (Lipinski definition) is 2. The second-order valence-electron chi connectivity index (χ2n) is 5.49. The molecule has 0 heterocycles. The zero-order valence-electron chi connectivity index (χ0n) is 14.9. The highest BCUT2D eigenvalue weighted by molar-refractivity contribution is 9.10. The molecule has 138 valence electrons. The maximum absolute atomic E-state index is 12.6. The average Bonchev–Trinajstić information content (AvgIpc) is 2.66. The van der Waals surface area contributed by atoms with Crippen LogP contribution < -0.4 is 20.1 Å². The van der Waals surface area contributed by atoms with Gasteiger partial charge in [-0.25, -0.2) is 0 Å². The first-order valence-corrected chi connectivity index (χ1v) is 8.90. The number of methoxy groups -OCH3 is 2. The molecule has 0 aliphatic rings. The summed E-state index contributed by atoms with van der Waals surface area (Å²) in [6.07, 6.45) is 0.857. The molecule has 2 aromatic carbocycles. The van der Waals surface area contributed by atoms with Gasteiger partial charge in [0.25, 0.3) is 11.8 Å². The Morgan fingerprint density at radius 3 is 2.23 bits per heavy atom. The summed E-state index contributed by atoms with van der Waals surface area (Å²) >= 11 is 3.37. The number of anilines is 1. The molecule has 0 spiro atoms. The molecule has 0 radical (unpaired) electrons. The topological polar surface area (TPSA) is 76.7 Å². The van der Waals surface area contributed by atoms with E-state index < -0.39 is 0 Å². The number of carbonyl (C=O) groups excluding carboxylic acids is 2. The molecule has 6 nitrogen and oxygen atoms in total. The molecule has 2 rings (SSSR count). The third-order valence-corrected chi connectivity index (χ3v) is 4.41. The van der Waals surface area contributed by atoms with Gasteiger partial charge in [-0.05, 0) is 52.7 Å². The number of rotatable bonds is 7. The van der Waals surface area contributed by atoms with E-state index in [1.165, 1.54) is 14.2 Å². The van der Waals surface area contributed by atoms with E-state index in [0.717, 1.165) is 6.42 Å². The van der Waals surface area contributed by atoms with Gasteiger partial charge in [-0.15, -0.1) is 0 Å². The lowest BCUT2D eigenvalue weighted by Crippen LogP contribution is -2.24. The molecule has 0 aromatic heterocycles. The normalized spacial score (nSPS) is 10.2. The van der Waals surface area contributed by atoms with Crippen LogP contribution in [0.15, 0.2) is 40.9 Å². The highest BCUT2D eigenvalue weighted by atomic mass is 79.9. The summed E-state index contributed by atoms with van der Waals surface area (Å²) in [5, 5.41) is 5.59. The van der Waals surface area contributed by atoms with E-state index in [9.17, 15) is 9.59 Å². The number of carbonyl (C=O) groups is 2. The Hall–Kier alpha value is -2.54. The fourth-order valence-electron chi connectivity index (χ4n) is 2.28. The van der Waals surface area contributed by atoms with Crippen molar-refractivity contribution in [2.75, 3.05) is 26.1 Å². The molecule has 0 bridgehead atoms. The van der Waals surface area contributed by atoms with Crippen LogP contribution in [0.1, 0.15) is 34.1 Å². The summed E-state index contributed by atoms with van der Waals surface area (Å²) in [4.78, 5) is 24.6. The fraction of sp³-hybridized carbons (Fsp3) is 0.263. The van der Waals surface area contributed by atoms with E-state index in [0.29, 0.717) is 39.3 Å². The third kappa shape index (κ3) is 4.76. The lowest BCUT2D eigenvalue weighted by molar-refractivity contribution is 0.0952. The van der Waals surface area contributed by atoms with Gasteiger partial charge >= 0.3 is 0 Å². The molecule has 2 N–H and O–H groups in total. The number of amides is 2. The summed E-state index contributed by atoms with van der Waals surface area (Å²) < 4.78 is 11.1. The zero-order chi connectivity index (χ0) is 19.1. The van der Waals surface area contributed by atoms with Gasteiger partial charge in [0, 0.05) is 23.4 Å². The van der Waals surface area contributed by atoms with Crippen LogP contribution in [-0.4, -0.2) is 32.6 Å². The molecule has 2 amide bonds. The lowest BCUT2D eigenvalue weighted by Gasteiger charge is -2.12. The Morgan fingerprint density at radius 1 is 1.00 bits per heavy atom. The van der Waals surface area contributed by atoms with Gasteiger partial charge in [0.05, 0.1) is 14.2 Å². The van der Waals surface area contributed by atoms with Crippen molar-refractivity contribution in [3.05, 3.63) is 52.0 Å². The van der Waals surface area contributed by atoms with Gasteiger partial charge in [-0.2, -0.15) is 0 Å². The quantitative estimate of drug-likeness (QED) is 0.712. The van der Waals surface area contributed by atoms with Crippen molar-refractivity contribution < 1.29 is 19.1 Å². The summed E-state index contributed by atoms with van der Waals surface area (Å²) in [7, 11) is 3.03. The van der Waals surface area contributed by atoms with Crippen LogP contribution in [0.5, 0.6) is 11.5 Å². The maximum atomic E-state index is 12.6. The first kappa shape index (κ1) is 19.8. The Labute approximate surface area is 161 Å². The molecule has 0 unspecified atom stereocenters. The molecule has 0 fully saturated rings. The summed E-state index contributed by atoms with van der Waals surface area (Å²) in [6, 6.07) is 10.0. The Kier molecular flexibility index (Phi) is 7.03. The van der Waals surface area contributed by atoms with Crippen molar-refractivity contribution in [1.29, 1.82) is 0 Å². The molecule has 0 atom stereocenters. The largest absolute Gasteiger partial charge is 0.495 e. The molecule has 0 aliphatic carbocycles. The van der Waals surface area contributed by atoms with Crippen LogP contribution >= 0.6 is 15.9 Å². The Bertz CT molecular complexity index is 783. The molecule has 0 aliphatic heterocycles. The van der Waals surface area contributed by atoms with Crippen molar-refractivity contribution in [2.24, 2.45) is 0 Å². The smallest absolute Gasteiger partial charge is 0.255 e. The third-order valence-electron chi connectivity index (χ3n) is 3.63. The Balaban J connectivity index is 2.21. The predicted molar refractivity (Wildman–Crippen MR) is 104 cm³/mol. The number of halogens is 1. The molecule has 2 aromatic rings. The molecular formula is C19H21BrN2O4. The van der Waals surface area contributed by atoms with Crippen LogP contribution in [0.2, 0.25) is 0 Å². The van der Waals surface area contributed by atoms with Crippen molar-refractivity contribution in [2.45, 2.75) is 13.3 Å². The van der Waals surface area contributed by atoms with Gasteiger partial charge in [0.1, 0.15) is 16.0 Å². The highest BCUT2D eigenvalue weighted by Gasteiger charge is 2.15. The maximum Gasteiger partial charge on any atom is 0.255 e. The molecule has 0 saturated carbocycles. The van der Waals surface area contributed by atoms with Crippen molar-refractivity contribution in [1.82, 2.24) is 5.32 Å². The minimum Gasteiger partial charge on any atom is -0.495 e. The Morgan fingerprint density at radius 2 is 1.65 bits per heavy atom. The standard InChI is InChI=1S/C19H21BrN2O4/c1-4-8-21-18(23)12-6-5-7-14(9-12)22-19(24)13-10-15(25-2)17(20)16(11-13)26-3/h5-7,9-11H,4,8H2,1-3H3,(H,21,23)(H,22,24). The van der Waals surface area contributed by atoms with E-state index >= 15 is 0 Å². The zero-order valence-corrected chi connectivity index (χ0v) is 16.5. The number of benzene rings is 2. The van der Waals surface area contributed by atoms with E-state index in [1.54, 1.807) is 36.4 Å². The number of hydrogen-bond acceptors (Lipinski definition) is 4. The minimum atomic E-state index is -0.333. The minimum absolute atomic E-state index is 0.171. The summed E-state index contributed by atoms with van der Waals surface area (Å²) in [5.41, 5.74) is 1.39. The van der Waals surface area contributed by atoms with Crippen LogP contribution in [-0.2, 0) is 0 Å². The van der Waals surface area contributed by atoms with Crippen LogP contribution in [0.3, 0.4) is 0 Å². The van der Waals surface area contributed by atoms with Crippen molar-refractivity contribution in [3.63, 3.8) is 0 Å².